The van der Waals surface area contributed by atoms with Crippen LogP contribution in [0, 0.1) is 0 Å². The lowest BCUT2D eigenvalue weighted by molar-refractivity contribution is 0.193. The van der Waals surface area contributed by atoms with Crippen LogP contribution >= 0.6 is 0 Å². The van der Waals surface area contributed by atoms with Gasteiger partial charge in [-0.1, -0.05) is 0 Å². The number of rotatable bonds is 2. The third kappa shape index (κ3) is 2.47. The van der Waals surface area contributed by atoms with Crippen molar-refractivity contribution >= 4 is 5.82 Å². The van der Waals surface area contributed by atoms with Gasteiger partial charge in [0.05, 0.1) is 12.3 Å². The SMILES string of the molecule is NC1CCN(c2cc([C@H]3CCOC3)ncn2)CC1. The maximum absolute atomic E-state index is 5.93. The van der Waals surface area contributed by atoms with Gasteiger partial charge in [0.2, 0.25) is 0 Å². The van der Waals surface area contributed by atoms with E-state index in [-0.39, 0.29) is 0 Å². The highest BCUT2D eigenvalue weighted by Gasteiger charge is 2.22. The molecule has 1 atom stereocenters. The first-order chi connectivity index (χ1) is 8.83. The number of ether oxygens (including phenoxy) is 1. The zero-order valence-electron chi connectivity index (χ0n) is 10.6. The first kappa shape index (κ1) is 11.9. The summed E-state index contributed by atoms with van der Waals surface area (Å²) in [6.07, 6.45) is 4.84. The molecule has 3 heterocycles. The van der Waals surface area contributed by atoms with Gasteiger partial charge < -0.3 is 15.4 Å². The summed E-state index contributed by atoms with van der Waals surface area (Å²) in [7, 11) is 0. The van der Waals surface area contributed by atoms with Crippen molar-refractivity contribution in [2.45, 2.75) is 31.2 Å². The van der Waals surface area contributed by atoms with Crippen molar-refractivity contribution in [3.8, 4) is 0 Å². The molecule has 2 fully saturated rings. The number of piperidine rings is 1. The maximum Gasteiger partial charge on any atom is 0.132 e. The van der Waals surface area contributed by atoms with E-state index in [0.29, 0.717) is 12.0 Å². The smallest absolute Gasteiger partial charge is 0.132 e. The molecule has 0 saturated carbocycles. The normalized spacial score (nSPS) is 25.6. The minimum absolute atomic E-state index is 0.353. The Morgan fingerprint density at radius 3 is 2.78 bits per heavy atom. The highest BCUT2D eigenvalue weighted by atomic mass is 16.5. The summed E-state index contributed by atoms with van der Waals surface area (Å²) >= 11 is 0. The highest BCUT2D eigenvalue weighted by Crippen LogP contribution is 2.26. The van der Waals surface area contributed by atoms with E-state index in [1.807, 2.05) is 0 Å². The number of hydrogen-bond donors (Lipinski definition) is 1. The van der Waals surface area contributed by atoms with Gasteiger partial charge in [0, 0.05) is 37.7 Å². The molecular formula is C13H20N4O. The molecule has 5 nitrogen and oxygen atoms in total. The van der Waals surface area contributed by atoms with Crippen molar-refractivity contribution in [2.75, 3.05) is 31.2 Å². The first-order valence-electron chi connectivity index (χ1n) is 6.73. The van der Waals surface area contributed by atoms with Crippen molar-refractivity contribution in [3.63, 3.8) is 0 Å². The molecule has 1 aromatic rings. The van der Waals surface area contributed by atoms with E-state index in [2.05, 4.69) is 20.9 Å². The lowest BCUT2D eigenvalue weighted by Crippen LogP contribution is -2.40. The molecule has 2 saturated heterocycles. The molecule has 2 aliphatic heterocycles. The Labute approximate surface area is 107 Å². The Balaban J connectivity index is 1.74. The van der Waals surface area contributed by atoms with Gasteiger partial charge in [0.25, 0.3) is 0 Å². The summed E-state index contributed by atoms with van der Waals surface area (Å²) < 4.78 is 5.42. The van der Waals surface area contributed by atoms with E-state index in [1.54, 1.807) is 6.33 Å². The van der Waals surface area contributed by atoms with Crippen LogP contribution in [0.15, 0.2) is 12.4 Å². The lowest BCUT2D eigenvalue weighted by Gasteiger charge is -2.31. The van der Waals surface area contributed by atoms with Crippen LogP contribution in [0.25, 0.3) is 0 Å². The van der Waals surface area contributed by atoms with E-state index >= 15 is 0 Å². The third-order valence-electron chi connectivity index (χ3n) is 3.89. The molecule has 0 aliphatic carbocycles. The summed E-state index contributed by atoms with van der Waals surface area (Å²) in [5.41, 5.74) is 7.05. The van der Waals surface area contributed by atoms with Crippen molar-refractivity contribution in [1.29, 1.82) is 0 Å². The Morgan fingerprint density at radius 2 is 2.06 bits per heavy atom. The second kappa shape index (κ2) is 5.20. The first-order valence-corrected chi connectivity index (χ1v) is 6.73. The fourth-order valence-electron chi connectivity index (χ4n) is 2.65. The fourth-order valence-corrected chi connectivity index (χ4v) is 2.65. The summed E-state index contributed by atoms with van der Waals surface area (Å²) in [6.45, 7) is 3.64. The molecule has 98 valence electrons. The number of hydrogen-bond acceptors (Lipinski definition) is 5. The zero-order valence-corrected chi connectivity index (χ0v) is 10.6. The van der Waals surface area contributed by atoms with Gasteiger partial charge >= 0.3 is 0 Å². The van der Waals surface area contributed by atoms with E-state index < -0.39 is 0 Å². The van der Waals surface area contributed by atoms with Crippen molar-refractivity contribution < 1.29 is 4.74 Å². The van der Waals surface area contributed by atoms with Gasteiger partial charge in [-0.2, -0.15) is 0 Å². The second-order valence-electron chi connectivity index (χ2n) is 5.19. The predicted octanol–water partition coefficient (Wildman–Crippen LogP) is 0.908. The van der Waals surface area contributed by atoms with Gasteiger partial charge in [0.1, 0.15) is 12.1 Å². The molecule has 1 aromatic heterocycles. The van der Waals surface area contributed by atoms with Gasteiger partial charge in [-0.05, 0) is 19.3 Å². The zero-order chi connectivity index (χ0) is 12.4. The van der Waals surface area contributed by atoms with Crippen LogP contribution in [0.3, 0.4) is 0 Å². The lowest BCUT2D eigenvalue weighted by atomic mass is 10.0. The number of anilines is 1. The van der Waals surface area contributed by atoms with Crippen LogP contribution < -0.4 is 10.6 Å². The van der Waals surface area contributed by atoms with Gasteiger partial charge in [0.15, 0.2) is 0 Å². The molecule has 0 amide bonds. The van der Waals surface area contributed by atoms with Crippen molar-refractivity contribution in [2.24, 2.45) is 5.73 Å². The van der Waals surface area contributed by atoms with Gasteiger partial charge in [-0.15, -0.1) is 0 Å². The van der Waals surface area contributed by atoms with Crippen molar-refractivity contribution in [1.82, 2.24) is 9.97 Å². The molecular weight excluding hydrogens is 228 g/mol. The third-order valence-corrected chi connectivity index (χ3v) is 3.89. The van der Waals surface area contributed by atoms with Crippen LogP contribution in [0.5, 0.6) is 0 Å². The van der Waals surface area contributed by atoms with Crippen LogP contribution in [0.1, 0.15) is 30.9 Å². The maximum atomic E-state index is 5.93. The molecule has 2 aliphatic rings. The molecule has 3 rings (SSSR count). The van der Waals surface area contributed by atoms with E-state index in [0.717, 1.165) is 57.1 Å². The molecule has 0 spiro atoms. The number of aromatic nitrogens is 2. The molecule has 18 heavy (non-hydrogen) atoms. The van der Waals surface area contributed by atoms with E-state index in [1.165, 1.54) is 0 Å². The fraction of sp³-hybridized carbons (Fsp3) is 0.692. The largest absolute Gasteiger partial charge is 0.381 e. The Hall–Kier alpha value is -1.20. The summed E-state index contributed by atoms with van der Waals surface area (Å²) in [6, 6.07) is 2.47. The van der Waals surface area contributed by atoms with E-state index in [9.17, 15) is 0 Å². The average molecular weight is 248 g/mol. The molecule has 0 unspecified atom stereocenters. The Kier molecular flexibility index (Phi) is 3.43. The molecule has 2 N–H and O–H groups in total. The molecule has 0 radical (unpaired) electrons. The van der Waals surface area contributed by atoms with Crippen LogP contribution in [-0.4, -0.2) is 42.3 Å². The standard InChI is InChI=1S/C13H20N4O/c14-11-1-4-17(5-2-11)13-7-12(15-9-16-13)10-3-6-18-8-10/h7,9-11H,1-6,8,14H2/t10-/m0/s1. The topological polar surface area (TPSA) is 64.3 Å². The predicted molar refractivity (Wildman–Crippen MR) is 69.6 cm³/mol. The van der Waals surface area contributed by atoms with Crippen LogP contribution in [0.4, 0.5) is 5.82 Å². The van der Waals surface area contributed by atoms with Crippen LogP contribution in [-0.2, 0) is 4.74 Å². The van der Waals surface area contributed by atoms with Gasteiger partial charge in [-0.3, -0.25) is 0 Å². The molecule has 5 heteroatoms. The van der Waals surface area contributed by atoms with E-state index in [4.69, 9.17) is 10.5 Å². The minimum atomic E-state index is 0.353. The van der Waals surface area contributed by atoms with Crippen LogP contribution in [0.2, 0.25) is 0 Å². The quantitative estimate of drug-likeness (QED) is 0.842. The molecule has 0 aromatic carbocycles. The number of nitrogens with two attached hydrogens (primary N) is 1. The second-order valence-corrected chi connectivity index (χ2v) is 5.19. The summed E-state index contributed by atoms with van der Waals surface area (Å²) in [5.74, 6) is 1.48. The molecule has 0 bridgehead atoms. The van der Waals surface area contributed by atoms with Crippen molar-refractivity contribution in [3.05, 3.63) is 18.1 Å². The number of nitrogens with zero attached hydrogens (tertiary/aromatic N) is 3. The Morgan fingerprint density at radius 1 is 1.22 bits per heavy atom. The average Bonchev–Trinajstić information content (AvgIpc) is 2.94. The minimum Gasteiger partial charge on any atom is -0.381 e. The monoisotopic (exact) mass is 248 g/mol. The summed E-state index contributed by atoms with van der Waals surface area (Å²) in [5, 5.41) is 0. The summed E-state index contributed by atoms with van der Waals surface area (Å²) in [4.78, 5) is 11.1. The Bertz CT molecular complexity index is 398. The highest BCUT2D eigenvalue weighted by molar-refractivity contribution is 5.40. The van der Waals surface area contributed by atoms with Gasteiger partial charge in [-0.25, -0.2) is 9.97 Å².